The van der Waals surface area contributed by atoms with Gasteiger partial charge in [0.25, 0.3) is 0 Å². The maximum atomic E-state index is 12.0. The van der Waals surface area contributed by atoms with Crippen LogP contribution in [0.3, 0.4) is 0 Å². The summed E-state index contributed by atoms with van der Waals surface area (Å²) in [6.45, 7) is 0. The van der Waals surface area contributed by atoms with Crippen molar-refractivity contribution in [3.8, 4) is 0 Å². The van der Waals surface area contributed by atoms with Gasteiger partial charge in [-0.15, -0.1) is 12.4 Å². The molecule has 0 saturated heterocycles. The minimum atomic E-state index is 0. The first-order valence-corrected chi connectivity index (χ1v) is 7.24. The quantitative estimate of drug-likeness (QED) is 0.901. The molecule has 4 nitrogen and oxygen atoms in total. The van der Waals surface area contributed by atoms with Crippen molar-refractivity contribution in [3.63, 3.8) is 0 Å². The molecule has 1 aliphatic rings. The third-order valence-electron chi connectivity index (χ3n) is 3.66. The van der Waals surface area contributed by atoms with E-state index in [0.717, 1.165) is 18.5 Å². The second-order valence-electron chi connectivity index (χ2n) is 5.37. The maximum absolute atomic E-state index is 12.0. The van der Waals surface area contributed by atoms with Crippen molar-refractivity contribution in [1.82, 2.24) is 10.3 Å². The number of hydrogen-bond donors (Lipinski definition) is 2. The van der Waals surface area contributed by atoms with Gasteiger partial charge in [-0.2, -0.15) is 0 Å². The number of carbonyl (C=O) groups excluding carboxylic acids is 1. The Labute approximate surface area is 126 Å². The van der Waals surface area contributed by atoms with Crippen LogP contribution in [0.4, 0.5) is 5.69 Å². The largest absolute Gasteiger partial charge is 0.397 e. The van der Waals surface area contributed by atoms with E-state index in [4.69, 9.17) is 5.73 Å². The highest BCUT2D eigenvalue weighted by Gasteiger charge is 2.14. The average molecular weight is 298 g/mol. The minimum absolute atomic E-state index is 0. The number of anilines is 1. The van der Waals surface area contributed by atoms with E-state index in [1.54, 1.807) is 12.3 Å². The van der Waals surface area contributed by atoms with Crippen LogP contribution in [-0.2, 0) is 11.2 Å². The number of amides is 1. The van der Waals surface area contributed by atoms with Crippen LogP contribution in [0.1, 0.15) is 50.6 Å². The molecule has 0 aromatic carbocycles. The van der Waals surface area contributed by atoms with Crippen LogP contribution in [0.25, 0.3) is 0 Å². The summed E-state index contributed by atoms with van der Waals surface area (Å²) in [4.78, 5) is 16.1. The normalized spacial score (nSPS) is 16.6. The van der Waals surface area contributed by atoms with Crippen LogP contribution in [0.2, 0.25) is 0 Å². The lowest BCUT2D eigenvalue weighted by atomic mass is 9.96. The van der Waals surface area contributed by atoms with Gasteiger partial charge in [0.2, 0.25) is 5.91 Å². The molecule has 1 aromatic heterocycles. The number of rotatable bonds is 3. The average Bonchev–Trinajstić information content (AvgIpc) is 2.35. The zero-order valence-corrected chi connectivity index (χ0v) is 12.6. The molecular weight excluding hydrogens is 274 g/mol. The molecule has 112 valence electrons. The lowest BCUT2D eigenvalue weighted by Gasteiger charge is -2.20. The molecule has 1 heterocycles. The molecule has 0 spiro atoms. The van der Waals surface area contributed by atoms with Gasteiger partial charge in [-0.3, -0.25) is 9.78 Å². The molecule has 0 bridgehead atoms. The molecule has 20 heavy (non-hydrogen) atoms. The molecule has 5 heteroatoms. The first kappa shape index (κ1) is 16.8. The van der Waals surface area contributed by atoms with Crippen molar-refractivity contribution in [3.05, 3.63) is 24.0 Å². The van der Waals surface area contributed by atoms with E-state index in [1.165, 1.54) is 32.1 Å². The van der Waals surface area contributed by atoms with Crippen LogP contribution in [0.5, 0.6) is 0 Å². The fourth-order valence-electron chi connectivity index (χ4n) is 2.58. The van der Waals surface area contributed by atoms with Crippen LogP contribution >= 0.6 is 12.4 Å². The Hall–Kier alpha value is -1.29. The van der Waals surface area contributed by atoms with Crippen LogP contribution in [-0.4, -0.2) is 16.9 Å². The van der Waals surface area contributed by atoms with Gasteiger partial charge in [0.1, 0.15) is 0 Å². The highest BCUT2D eigenvalue weighted by molar-refractivity contribution is 5.85. The molecule has 2 rings (SSSR count). The number of aromatic nitrogens is 1. The number of nitrogen functional groups attached to an aromatic ring is 1. The molecule has 1 aromatic rings. The van der Waals surface area contributed by atoms with Gasteiger partial charge >= 0.3 is 0 Å². The molecule has 1 amide bonds. The van der Waals surface area contributed by atoms with Gasteiger partial charge in [-0.25, -0.2) is 0 Å². The van der Waals surface area contributed by atoms with Gasteiger partial charge in [-0.1, -0.05) is 32.1 Å². The van der Waals surface area contributed by atoms with Gasteiger partial charge in [0.15, 0.2) is 0 Å². The van der Waals surface area contributed by atoms with Crippen molar-refractivity contribution in [2.75, 3.05) is 5.73 Å². The van der Waals surface area contributed by atoms with Crippen LogP contribution < -0.4 is 11.1 Å². The van der Waals surface area contributed by atoms with Gasteiger partial charge in [-0.05, 0) is 25.0 Å². The number of pyridine rings is 1. The highest BCUT2D eigenvalue weighted by Crippen LogP contribution is 2.17. The fraction of sp³-hybridized carbons (Fsp3) is 0.600. The van der Waals surface area contributed by atoms with Crippen LogP contribution in [0.15, 0.2) is 18.3 Å². The zero-order valence-electron chi connectivity index (χ0n) is 11.8. The van der Waals surface area contributed by atoms with E-state index >= 15 is 0 Å². The summed E-state index contributed by atoms with van der Waals surface area (Å²) in [5.74, 6) is 0.0721. The van der Waals surface area contributed by atoms with Gasteiger partial charge in [0.05, 0.1) is 18.3 Å². The summed E-state index contributed by atoms with van der Waals surface area (Å²) in [6, 6.07) is 3.94. The Morgan fingerprint density at radius 3 is 2.45 bits per heavy atom. The Kier molecular flexibility index (Phi) is 7.37. The fourth-order valence-corrected chi connectivity index (χ4v) is 2.58. The van der Waals surface area contributed by atoms with E-state index in [9.17, 15) is 4.79 Å². The second kappa shape index (κ2) is 8.80. The zero-order chi connectivity index (χ0) is 13.5. The Morgan fingerprint density at radius 1 is 1.20 bits per heavy atom. The summed E-state index contributed by atoms with van der Waals surface area (Å²) < 4.78 is 0. The Bertz CT molecular complexity index is 400. The summed E-state index contributed by atoms with van der Waals surface area (Å²) in [7, 11) is 0. The number of nitrogens with zero attached hydrogens (tertiary/aromatic N) is 1. The molecule has 0 unspecified atom stereocenters. The third-order valence-corrected chi connectivity index (χ3v) is 3.66. The SMILES string of the molecule is Cl.Nc1ccc(CC(=O)NC2CCCCCCC2)nc1. The predicted octanol–water partition coefficient (Wildman–Crippen LogP) is 2.86. The summed E-state index contributed by atoms with van der Waals surface area (Å²) >= 11 is 0. The first-order valence-electron chi connectivity index (χ1n) is 7.24. The number of halogens is 1. The molecule has 3 N–H and O–H groups in total. The van der Waals surface area contributed by atoms with E-state index in [0.29, 0.717) is 18.2 Å². The smallest absolute Gasteiger partial charge is 0.226 e. The number of carbonyl (C=O) groups is 1. The van der Waals surface area contributed by atoms with E-state index < -0.39 is 0 Å². The lowest BCUT2D eigenvalue weighted by Crippen LogP contribution is -2.36. The van der Waals surface area contributed by atoms with E-state index in [-0.39, 0.29) is 18.3 Å². The first-order chi connectivity index (χ1) is 9.24. The topological polar surface area (TPSA) is 68.0 Å². The van der Waals surface area contributed by atoms with Gasteiger partial charge in [0, 0.05) is 11.7 Å². The monoisotopic (exact) mass is 297 g/mol. The van der Waals surface area contributed by atoms with Crippen molar-refractivity contribution >= 4 is 24.0 Å². The maximum Gasteiger partial charge on any atom is 0.226 e. The third kappa shape index (κ3) is 5.78. The minimum Gasteiger partial charge on any atom is -0.397 e. The van der Waals surface area contributed by atoms with Crippen molar-refractivity contribution in [2.45, 2.75) is 57.4 Å². The number of nitrogens with one attached hydrogen (secondary N) is 1. The van der Waals surface area contributed by atoms with Crippen LogP contribution in [0, 0.1) is 0 Å². The molecule has 1 fully saturated rings. The lowest BCUT2D eigenvalue weighted by molar-refractivity contribution is -0.121. The summed E-state index contributed by atoms with van der Waals surface area (Å²) in [6.07, 6.45) is 10.6. The number of nitrogens with two attached hydrogens (primary N) is 1. The van der Waals surface area contributed by atoms with E-state index in [1.807, 2.05) is 6.07 Å². The number of hydrogen-bond acceptors (Lipinski definition) is 3. The Balaban J connectivity index is 0.00000200. The van der Waals surface area contributed by atoms with Crippen molar-refractivity contribution in [1.29, 1.82) is 0 Å². The van der Waals surface area contributed by atoms with Crippen molar-refractivity contribution in [2.24, 2.45) is 0 Å². The molecule has 0 radical (unpaired) electrons. The molecule has 1 aliphatic carbocycles. The standard InChI is InChI=1S/C15H23N3O.ClH/c16-12-8-9-14(17-11-12)10-15(19)18-13-6-4-2-1-3-5-7-13;/h8-9,11,13H,1-7,10,16H2,(H,18,19);1H. The Morgan fingerprint density at radius 2 is 1.85 bits per heavy atom. The molecule has 0 atom stereocenters. The second-order valence-corrected chi connectivity index (χ2v) is 5.37. The van der Waals surface area contributed by atoms with E-state index in [2.05, 4.69) is 10.3 Å². The molecule has 0 aliphatic heterocycles. The summed E-state index contributed by atoms with van der Waals surface area (Å²) in [5.41, 5.74) is 6.98. The molecule has 1 saturated carbocycles. The van der Waals surface area contributed by atoms with Crippen molar-refractivity contribution < 1.29 is 4.79 Å². The van der Waals surface area contributed by atoms with Gasteiger partial charge < -0.3 is 11.1 Å². The highest BCUT2D eigenvalue weighted by atomic mass is 35.5. The predicted molar refractivity (Wildman–Crippen MR) is 83.9 cm³/mol. The summed E-state index contributed by atoms with van der Waals surface area (Å²) in [5, 5.41) is 3.14. The molecular formula is C15H24ClN3O.